The Labute approximate surface area is 109 Å². The van der Waals surface area contributed by atoms with Gasteiger partial charge < -0.3 is 9.88 Å². The summed E-state index contributed by atoms with van der Waals surface area (Å²) in [6.45, 7) is 3.22. The highest BCUT2D eigenvalue weighted by atomic mass is 15.1. The number of aromatic nitrogens is 2. The molecule has 0 saturated carbocycles. The third kappa shape index (κ3) is 2.99. The van der Waals surface area contributed by atoms with Crippen molar-refractivity contribution in [3.05, 3.63) is 54.1 Å². The molecule has 1 N–H and O–H groups in total. The first-order chi connectivity index (χ1) is 8.85. The Morgan fingerprint density at radius 3 is 2.72 bits per heavy atom. The van der Waals surface area contributed by atoms with Crippen LogP contribution < -0.4 is 5.32 Å². The Kier molecular flexibility index (Phi) is 4.53. The van der Waals surface area contributed by atoms with Crippen molar-refractivity contribution in [1.82, 2.24) is 14.9 Å². The van der Waals surface area contributed by atoms with Gasteiger partial charge in [-0.05, 0) is 25.5 Å². The van der Waals surface area contributed by atoms with E-state index < -0.39 is 0 Å². The third-order valence-electron chi connectivity index (χ3n) is 3.15. The van der Waals surface area contributed by atoms with E-state index >= 15 is 0 Å². The molecule has 2 aromatic rings. The van der Waals surface area contributed by atoms with Gasteiger partial charge in [-0.25, -0.2) is 4.98 Å². The molecule has 96 valence electrons. The van der Waals surface area contributed by atoms with E-state index in [4.69, 9.17) is 0 Å². The van der Waals surface area contributed by atoms with E-state index in [1.54, 1.807) is 0 Å². The summed E-state index contributed by atoms with van der Waals surface area (Å²) in [5.74, 6) is 1.13. The van der Waals surface area contributed by atoms with Crippen molar-refractivity contribution in [3.8, 4) is 0 Å². The average Bonchev–Trinajstić information content (AvgIpc) is 2.86. The van der Waals surface area contributed by atoms with Gasteiger partial charge in [0.1, 0.15) is 5.82 Å². The molecule has 2 rings (SSSR count). The molecule has 3 heteroatoms. The molecule has 3 nitrogen and oxygen atoms in total. The van der Waals surface area contributed by atoms with Gasteiger partial charge in [0.05, 0.1) is 6.04 Å². The standard InChI is InChI=1S/C15H21N3/c1-3-10-18-11-9-17-15(18)14(16-2)12-13-7-5-4-6-8-13/h4-9,11,14,16H,3,10,12H2,1-2H3. The lowest BCUT2D eigenvalue weighted by Gasteiger charge is -2.17. The van der Waals surface area contributed by atoms with E-state index in [0.717, 1.165) is 25.2 Å². The first kappa shape index (κ1) is 12.8. The highest BCUT2D eigenvalue weighted by molar-refractivity contribution is 5.17. The molecular weight excluding hydrogens is 222 g/mol. The highest BCUT2D eigenvalue weighted by Gasteiger charge is 2.15. The van der Waals surface area contributed by atoms with Crippen LogP contribution >= 0.6 is 0 Å². The van der Waals surface area contributed by atoms with Crippen LogP contribution in [0.3, 0.4) is 0 Å². The number of imidazole rings is 1. The van der Waals surface area contributed by atoms with Crippen LogP contribution in [0.4, 0.5) is 0 Å². The van der Waals surface area contributed by atoms with Gasteiger partial charge in [-0.1, -0.05) is 37.3 Å². The average molecular weight is 243 g/mol. The molecular formula is C15H21N3. The molecule has 18 heavy (non-hydrogen) atoms. The van der Waals surface area contributed by atoms with Gasteiger partial charge >= 0.3 is 0 Å². The summed E-state index contributed by atoms with van der Waals surface area (Å²) in [7, 11) is 2.00. The van der Waals surface area contributed by atoms with Crippen LogP contribution in [-0.2, 0) is 13.0 Å². The highest BCUT2D eigenvalue weighted by Crippen LogP contribution is 2.17. The SMILES string of the molecule is CCCn1ccnc1C(Cc1ccccc1)NC. The minimum absolute atomic E-state index is 0.272. The molecule has 0 radical (unpaired) electrons. The molecule has 0 spiro atoms. The van der Waals surface area contributed by atoms with Crippen molar-refractivity contribution in [1.29, 1.82) is 0 Å². The van der Waals surface area contributed by atoms with Crippen molar-refractivity contribution < 1.29 is 0 Å². The number of benzene rings is 1. The van der Waals surface area contributed by atoms with Gasteiger partial charge in [0, 0.05) is 18.9 Å². The van der Waals surface area contributed by atoms with Gasteiger partial charge in [-0.3, -0.25) is 0 Å². The van der Waals surface area contributed by atoms with Crippen LogP contribution in [0.15, 0.2) is 42.7 Å². The second-order valence-corrected chi connectivity index (χ2v) is 4.51. The Hall–Kier alpha value is -1.61. The summed E-state index contributed by atoms with van der Waals surface area (Å²) >= 11 is 0. The summed E-state index contributed by atoms with van der Waals surface area (Å²) in [4.78, 5) is 4.50. The lowest BCUT2D eigenvalue weighted by molar-refractivity contribution is 0.512. The summed E-state index contributed by atoms with van der Waals surface area (Å²) in [6.07, 6.45) is 6.05. The monoisotopic (exact) mass is 243 g/mol. The van der Waals surface area contributed by atoms with E-state index in [0.29, 0.717) is 0 Å². The summed E-state index contributed by atoms with van der Waals surface area (Å²) < 4.78 is 2.24. The number of hydrogen-bond acceptors (Lipinski definition) is 2. The number of nitrogens with zero attached hydrogens (tertiary/aromatic N) is 2. The molecule has 0 bridgehead atoms. The molecule has 1 heterocycles. The summed E-state index contributed by atoms with van der Waals surface area (Å²) in [6, 6.07) is 10.8. The second kappa shape index (κ2) is 6.36. The number of rotatable bonds is 6. The zero-order chi connectivity index (χ0) is 12.8. The molecule has 0 saturated heterocycles. The van der Waals surface area contributed by atoms with Crippen LogP contribution in [0.2, 0.25) is 0 Å². The van der Waals surface area contributed by atoms with Crippen molar-refractivity contribution >= 4 is 0 Å². The second-order valence-electron chi connectivity index (χ2n) is 4.51. The molecule has 0 amide bonds. The maximum absolute atomic E-state index is 4.50. The molecule has 1 aromatic heterocycles. The van der Waals surface area contributed by atoms with Crippen LogP contribution in [-0.4, -0.2) is 16.6 Å². The zero-order valence-corrected chi connectivity index (χ0v) is 11.1. The van der Waals surface area contributed by atoms with Crippen LogP contribution in [0.25, 0.3) is 0 Å². The molecule has 0 fully saturated rings. The minimum Gasteiger partial charge on any atom is -0.334 e. The fourth-order valence-corrected chi connectivity index (χ4v) is 2.23. The smallest absolute Gasteiger partial charge is 0.126 e. The largest absolute Gasteiger partial charge is 0.334 e. The predicted molar refractivity (Wildman–Crippen MR) is 74.5 cm³/mol. The van der Waals surface area contributed by atoms with Crippen LogP contribution in [0.5, 0.6) is 0 Å². The molecule has 1 atom stereocenters. The summed E-state index contributed by atoms with van der Waals surface area (Å²) in [5.41, 5.74) is 1.34. The minimum atomic E-state index is 0.272. The van der Waals surface area contributed by atoms with E-state index in [1.165, 1.54) is 5.56 Å². The third-order valence-corrected chi connectivity index (χ3v) is 3.15. The molecule has 0 aliphatic rings. The molecule has 1 unspecified atom stereocenters. The van der Waals surface area contributed by atoms with Crippen LogP contribution in [0.1, 0.15) is 30.8 Å². The fraction of sp³-hybridized carbons (Fsp3) is 0.400. The van der Waals surface area contributed by atoms with Crippen molar-refractivity contribution in [2.75, 3.05) is 7.05 Å². The van der Waals surface area contributed by atoms with Crippen molar-refractivity contribution in [2.45, 2.75) is 32.4 Å². The number of hydrogen-bond donors (Lipinski definition) is 1. The van der Waals surface area contributed by atoms with Gasteiger partial charge in [0.2, 0.25) is 0 Å². The lowest BCUT2D eigenvalue weighted by atomic mass is 10.1. The predicted octanol–water partition coefficient (Wildman–Crippen LogP) is 2.80. The molecule has 1 aromatic carbocycles. The van der Waals surface area contributed by atoms with E-state index in [2.05, 4.69) is 58.3 Å². The Morgan fingerprint density at radius 2 is 2.06 bits per heavy atom. The van der Waals surface area contributed by atoms with Crippen molar-refractivity contribution in [2.24, 2.45) is 0 Å². The summed E-state index contributed by atoms with van der Waals surface area (Å²) in [5, 5.41) is 3.37. The Morgan fingerprint density at radius 1 is 1.28 bits per heavy atom. The van der Waals surface area contributed by atoms with Crippen molar-refractivity contribution in [3.63, 3.8) is 0 Å². The Bertz CT molecular complexity index is 462. The zero-order valence-electron chi connectivity index (χ0n) is 11.1. The Balaban J connectivity index is 2.15. The van der Waals surface area contributed by atoms with E-state index in [9.17, 15) is 0 Å². The maximum atomic E-state index is 4.50. The number of likely N-dealkylation sites (N-methyl/N-ethyl adjacent to an activating group) is 1. The van der Waals surface area contributed by atoms with Crippen LogP contribution in [0, 0.1) is 0 Å². The van der Waals surface area contributed by atoms with E-state index in [1.807, 2.05) is 13.2 Å². The fourth-order valence-electron chi connectivity index (χ4n) is 2.23. The molecule has 0 aliphatic heterocycles. The quantitative estimate of drug-likeness (QED) is 0.845. The van der Waals surface area contributed by atoms with Gasteiger partial charge in [-0.15, -0.1) is 0 Å². The van der Waals surface area contributed by atoms with E-state index in [-0.39, 0.29) is 6.04 Å². The maximum Gasteiger partial charge on any atom is 0.126 e. The first-order valence-corrected chi connectivity index (χ1v) is 6.57. The topological polar surface area (TPSA) is 29.9 Å². The normalized spacial score (nSPS) is 12.6. The van der Waals surface area contributed by atoms with Gasteiger partial charge in [0.15, 0.2) is 0 Å². The van der Waals surface area contributed by atoms with Gasteiger partial charge in [0.25, 0.3) is 0 Å². The molecule has 0 aliphatic carbocycles. The first-order valence-electron chi connectivity index (χ1n) is 6.57. The number of nitrogens with one attached hydrogen (secondary N) is 1. The number of aryl methyl sites for hydroxylation is 1. The lowest BCUT2D eigenvalue weighted by Crippen LogP contribution is -2.23. The van der Waals surface area contributed by atoms with Gasteiger partial charge in [-0.2, -0.15) is 0 Å².